The molecule has 0 N–H and O–H groups in total. The highest BCUT2D eigenvalue weighted by Gasteiger charge is 2.57. The third-order valence-corrected chi connectivity index (χ3v) is 13.0. The molecule has 2 heteroatoms. The van der Waals surface area contributed by atoms with Crippen LogP contribution in [0.15, 0.2) is 168 Å². The van der Waals surface area contributed by atoms with Crippen LogP contribution in [-0.2, 0) is 10.8 Å². The van der Waals surface area contributed by atoms with Gasteiger partial charge in [-0.25, -0.2) is 0 Å². The van der Waals surface area contributed by atoms with Crippen LogP contribution in [0.5, 0.6) is 0 Å². The Morgan fingerprint density at radius 1 is 0.396 bits per heavy atom. The maximum absolute atomic E-state index is 6.29. The van der Waals surface area contributed by atoms with Gasteiger partial charge in [0, 0.05) is 27.7 Å². The van der Waals surface area contributed by atoms with E-state index >= 15 is 0 Å². The minimum Gasteiger partial charge on any atom is -0.456 e. The van der Waals surface area contributed by atoms with E-state index in [-0.39, 0.29) is 16.2 Å². The number of benzene rings is 7. The molecule has 0 unspecified atom stereocenters. The predicted molar refractivity (Wildman–Crippen MR) is 225 cm³/mol. The van der Waals surface area contributed by atoms with Crippen molar-refractivity contribution in [1.29, 1.82) is 0 Å². The molecule has 2 nitrogen and oxygen atoms in total. The van der Waals surface area contributed by atoms with Gasteiger partial charge in [-0.3, -0.25) is 0 Å². The Balaban J connectivity index is 1.27. The molecule has 0 amide bonds. The third-order valence-electron chi connectivity index (χ3n) is 13.0. The van der Waals surface area contributed by atoms with Crippen molar-refractivity contribution in [1.82, 2.24) is 0 Å². The number of hydrogen-bond donors (Lipinski definition) is 0. The van der Waals surface area contributed by atoms with Gasteiger partial charge in [0.15, 0.2) is 0 Å². The van der Waals surface area contributed by atoms with Gasteiger partial charge in [-0.2, -0.15) is 0 Å². The van der Waals surface area contributed by atoms with Crippen molar-refractivity contribution >= 4 is 39.0 Å². The summed E-state index contributed by atoms with van der Waals surface area (Å²) in [6.45, 7) is 14.6. The molecule has 1 aromatic heterocycles. The second-order valence-electron chi connectivity index (χ2n) is 16.3. The first-order valence-corrected chi connectivity index (χ1v) is 18.8. The lowest BCUT2D eigenvalue weighted by Gasteiger charge is -2.44. The highest BCUT2D eigenvalue weighted by Crippen LogP contribution is 2.63. The van der Waals surface area contributed by atoms with Gasteiger partial charge < -0.3 is 9.32 Å². The lowest BCUT2D eigenvalue weighted by molar-refractivity contribution is 0.125. The predicted octanol–water partition coefficient (Wildman–Crippen LogP) is 14.7. The average Bonchev–Trinajstić information content (AvgIpc) is 3.60. The molecule has 0 saturated carbocycles. The Morgan fingerprint density at radius 2 is 0.943 bits per heavy atom. The average molecular weight is 688 g/mol. The zero-order valence-electron chi connectivity index (χ0n) is 31.4. The minimum absolute atomic E-state index is 0.0206. The topological polar surface area (TPSA) is 16.4 Å². The number of furan rings is 1. The van der Waals surface area contributed by atoms with Gasteiger partial charge in [-0.15, -0.1) is 0 Å². The Morgan fingerprint density at radius 3 is 1.66 bits per heavy atom. The molecule has 1 heterocycles. The first-order chi connectivity index (χ1) is 25.5. The number of para-hydroxylation sites is 2. The molecule has 1 aliphatic carbocycles. The van der Waals surface area contributed by atoms with Gasteiger partial charge in [-0.05, 0) is 110 Å². The smallest absolute Gasteiger partial charge is 0.135 e. The highest BCUT2D eigenvalue weighted by molar-refractivity contribution is 6.07. The normalized spacial score (nSPS) is 15.4. The Labute approximate surface area is 313 Å². The number of anilines is 3. The molecular formula is C51H45NO. The molecule has 0 radical (unpaired) electrons. The summed E-state index contributed by atoms with van der Waals surface area (Å²) >= 11 is 0. The summed E-state index contributed by atoms with van der Waals surface area (Å²) in [5, 5.41) is 2.24. The van der Waals surface area contributed by atoms with Crippen molar-refractivity contribution in [2.45, 2.75) is 52.4 Å². The molecule has 0 fully saturated rings. The van der Waals surface area contributed by atoms with E-state index in [2.05, 4.69) is 204 Å². The first-order valence-electron chi connectivity index (χ1n) is 18.8. The molecule has 9 rings (SSSR count). The van der Waals surface area contributed by atoms with Gasteiger partial charge in [-0.1, -0.05) is 151 Å². The molecule has 8 aromatic rings. The largest absolute Gasteiger partial charge is 0.456 e. The van der Waals surface area contributed by atoms with Gasteiger partial charge in [0.25, 0.3) is 0 Å². The summed E-state index contributed by atoms with van der Waals surface area (Å²) in [7, 11) is 0. The molecule has 1 aliphatic rings. The number of rotatable bonds is 6. The quantitative estimate of drug-likeness (QED) is 0.173. The zero-order chi connectivity index (χ0) is 36.5. The summed E-state index contributed by atoms with van der Waals surface area (Å²) in [6.07, 6.45) is 0. The first kappa shape index (κ1) is 33.0. The molecule has 0 spiro atoms. The maximum atomic E-state index is 6.29. The van der Waals surface area contributed by atoms with Crippen LogP contribution >= 0.6 is 0 Å². The summed E-state index contributed by atoms with van der Waals surface area (Å²) < 4.78 is 6.29. The number of fused-ring (bicyclic) bond motifs is 4. The van der Waals surface area contributed by atoms with Gasteiger partial charge >= 0.3 is 0 Å². The van der Waals surface area contributed by atoms with Gasteiger partial charge in [0.1, 0.15) is 11.2 Å². The lowest BCUT2D eigenvalue weighted by Crippen LogP contribution is -2.42. The monoisotopic (exact) mass is 687 g/mol. The fourth-order valence-electron chi connectivity index (χ4n) is 8.70. The van der Waals surface area contributed by atoms with E-state index in [0.717, 1.165) is 33.3 Å². The van der Waals surface area contributed by atoms with Crippen LogP contribution in [0.1, 0.15) is 52.7 Å². The molecule has 0 bridgehead atoms. The molecule has 53 heavy (non-hydrogen) atoms. The van der Waals surface area contributed by atoms with E-state index in [1.54, 1.807) is 0 Å². The van der Waals surface area contributed by atoms with Gasteiger partial charge in [0.05, 0.1) is 5.69 Å². The Hall–Kier alpha value is -5.86. The van der Waals surface area contributed by atoms with Crippen molar-refractivity contribution in [3.05, 3.63) is 175 Å². The summed E-state index contributed by atoms with van der Waals surface area (Å²) in [5.74, 6) is 0. The van der Waals surface area contributed by atoms with Crippen LogP contribution in [0.2, 0.25) is 0 Å². The molecular weight excluding hydrogens is 643 g/mol. The molecule has 0 aliphatic heterocycles. The Bertz CT molecular complexity index is 2620. The van der Waals surface area contributed by atoms with Crippen LogP contribution in [0.4, 0.5) is 17.1 Å². The summed E-state index contributed by atoms with van der Waals surface area (Å²) in [6, 6.07) is 59.5. The van der Waals surface area contributed by atoms with Crippen LogP contribution in [-0.4, -0.2) is 0 Å². The van der Waals surface area contributed by atoms with Crippen LogP contribution in [0.25, 0.3) is 55.3 Å². The van der Waals surface area contributed by atoms with E-state index < -0.39 is 0 Å². The van der Waals surface area contributed by atoms with Crippen molar-refractivity contribution in [2.75, 3.05) is 4.90 Å². The standard InChI is InChI=1S/C51H45NO/c1-49(2)44-32-42(38-19-15-18-37(30-38)36-26-24-35(25-27-36)34-16-9-7-10-17-34)46(33-45(44)50(3,4)51(49,5)6)52(39-20-11-8-12-21-39)40-28-29-48-43(31-40)41-22-13-14-23-47(41)53-48/h7-33H,1-6H3. The lowest BCUT2D eigenvalue weighted by atomic mass is 9.59. The second-order valence-corrected chi connectivity index (χ2v) is 16.3. The van der Waals surface area contributed by atoms with Gasteiger partial charge in [0.2, 0.25) is 0 Å². The highest BCUT2D eigenvalue weighted by atomic mass is 16.3. The van der Waals surface area contributed by atoms with E-state index in [1.807, 2.05) is 6.07 Å². The van der Waals surface area contributed by atoms with Crippen LogP contribution in [0, 0.1) is 5.41 Å². The van der Waals surface area contributed by atoms with Crippen LogP contribution in [0.3, 0.4) is 0 Å². The second kappa shape index (κ2) is 12.1. The zero-order valence-corrected chi connectivity index (χ0v) is 31.4. The van der Waals surface area contributed by atoms with Crippen molar-refractivity contribution in [3.8, 4) is 33.4 Å². The van der Waals surface area contributed by atoms with Crippen molar-refractivity contribution < 1.29 is 4.42 Å². The SMILES string of the molecule is CC1(C)c2cc(-c3cccc(-c4ccc(-c5ccccc5)cc4)c3)c(N(c3ccccc3)c3ccc4oc5ccccc5c4c3)cc2C(C)(C)C1(C)C. The maximum Gasteiger partial charge on any atom is 0.135 e. The van der Waals surface area contributed by atoms with Crippen molar-refractivity contribution in [2.24, 2.45) is 5.41 Å². The minimum atomic E-state index is -0.0610. The van der Waals surface area contributed by atoms with E-state index in [4.69, 9.17) is 4.42 Å². The summed E-state index contributed by atoms with van der Waals surface area (Å²) in [5.41, 5.74) is 15.2. The van der Waals surface area contributed by atoms with E-state index in [1.165, 1.54) is 50.2 Å². The van der Waals surface area contributed by atoms with Crippen LogP contribution < -0.4 is 4.90 Å². The molecule has 0 saturated heterocycles. The summed E-state index contributed by atoms with van der Waals surface area (Å²) in [4.78, 5) is 2.45. The fraction of sp³-hybridized carbons (Fsp3) is 0.176. The molecule has 7 aromatic carbocycles. The number of nitrogens with zero attached hydrogens (tertiary/aromatic N) is 1. The third kappa shape index (κ3) is 5.15. The molecule has 260 valence electrons. The van der Waals surface area contributed by atoms with E-state index in [9.17, 15) is 0 Å². The van der Waals surface area contributed by atoms with E-state index in [0.29, 0.717) is 0 Å². The Kier molecular flexibility index (Phi) is 7.54. The molecule has 0 atom stereocenters. The number of hydrogen-bond acceptors (Lipinski definition) is 2. The fourth-order valence-corrected chi connectivity index (χ4v) is 8.70. The van der Waals surface area contributed by atoms with Crippen molar-refractivity contribution in [3.63, 3.8) is 0 Å².